The molecule has 0 bridgehead atoms. The van der Waals surface area contributed by atoms with Gasteiger partial charge >= 0.3 is 5.97 Å². The number of benzene rings is 1. The minimum absolute atomic E-state index is 0.201. The number of hydrogen-bond donors (Lipinski definition) is 1. The highest BCUT2D eigenvalue weighted by Gasteiger charge is 2.18. The zero-order valence-electron chi connectivity index (χ0n) is 13.0. The van der Waals surface area contributed by atoms with Gasteiger partial charge in [0.05, 0.1) is 16.7 Å². The van der Waals surface area contributed by atoms with Crippen LogP contribution in [0.25, 0.3) is 0 Å². The summed E-state index contributed by atoms with van der Waals surface area (Å²) in [6.07, 6.45) is 2.55. The van der Waals surface area contributed by atoms with Crippen LogP contribution in [-0.4, -0.2) is 32.7 Å². The van der Waals surface area contributed by atoms with E-state index in [1.54, 1.807) is 26.8 Å². The lowest BCUT2D eigenvalue weighted by Gasteiger charge is -2.14. The maximum Gasteiger partial charge on any atom is 0.339 e. The van der Waals surface area contributed by atoms with Gasteiger partial charge in [-0.1, -0.05) is 11.6 Å². The van der Waals surface area contributed by atoms with Gasteiger partial charge in [-0.05, 0) is 39.0 Å². The first kappa shape index (κ1) is 17.0. The number of nitrogens with zero attached hydrogens (tertiary/aromatic N) is 3. The molecule has 0 radical (unpaired) electrons. The van der Waals surface area contributed by atoms with Crippen LogP contribution < -0.4 is 5.32 Å². The Morgan fingerprint density at radius 3 is 2.65 bits per heavy atom. The lowest BCUT2D eigenvalue weighted by atomic mass is 10.2. The summed E-state index contributed by atoms with van der Waals surface area (Å²) in [5.74, 6) is -0.827. The first-order valence-corrected chi connectivity index (χ1v) is 7.41. The molecule has 2 rings (SSSR count). The van der Waals surface area contributed by atoms with Gasteiger partial charge in [0, 0.05) is 5.69 Å². The summed E-state index contributed by atoms with van der Waals surface area (Å²) in [5, 5.41) is 6.89. The number of nitrogens with one attached hydrogen (secondary N) is 1. The Morgan fingerprint density at radius 2 is 2.04 bits per heavy atom. The summed E-state index contributed by atoms with van der Waals surface area (Å²) in [5.41, 5.74) is 0.647. The Kier molecular flexibility index (Phi) is 5.33. The minimum Gasteiger partial charge on any atom is -0.459 e. The molecule has 1 aromatic heterocycles. The summed E-state index contributed by atoms with van der Waals surface area (Å²) < 4.78 is 6.55. The van der Waals surface area contributed by atoms with Crippen molar-refractivity contribution in [2.24, 2.45) is 0 Å². The van der Waals surface area contributed by atoms with E-state index in [9.17, 15) is 9.59 Å². The molecule has 0 fully saturated rings. The standard InChI is InChI=1S/C15H17ClN4O3/c1-9(2)23-15(22)12-6-11(4-5-13(12)16)19-14(21)10(3)20-8-17-7-18-20/h4-10H,1-3H3,(H,19,21). The monoisotopic (exact) mass is 336 g/mol. The predicted octanol–water partition coefficient (Wildman–Crippen LogP) is 2.70. The van der Waals surface area contributed by atoms with E-state index in [0.29, 0.717) is 5.69 Å². The van der Waals surface area contributed by atoms with Gasteiger partial charge in [0.2, 0.25) is 5.91 Å². The molecule has 122 valence electrons. The zero-order valence-corrected chi connectivity index (χ0v) is 13.7. The van der Waals surface area contributed by atoms with Crippen molar-refractivity contribution in [3.63, 3.8) is 0 Å². The van der Waals surface area contributed by atoms with Crippen LogP contribution in [0.4, 0.5) is 5.69 Å². The van der Waals surface area contributed by atoms with Crippen LogP contribution >= 0.6 is 11.6 Å². The smallest absolute Gasteiger partial charge is 0.339 e. The van der Waals surface area contributed by atoms with Gasteiger partial charge in [-0.15, -0.1) is 0 Å². The second kappa shape index (κ2) is 7.23. The molecule has 0 spiro atoms. The molecule has 8 heteroatoms. The van der Waals surface area contributed by atoms with Gasteiger partial charge in [-0.3, -0.25) is 4.79 Å². The molecule has 1 unspecified atom stereocenters. The number of ether oxygens (including phenoxy) is 1. The lowest BCUT2D eigenvalue weighted by molar-refractivity contribution is -0.119. The van der Waals surface area contributed by atoms with Crippen LogP contribution in [0, 0.1) is 0 Å². The lowest BCUT2D eigenvalue weighted by Crippen LogP contribution is -2.24. The molecule has 0 saturated heterocycles. The molecule has 0 saturated carbocycles. The fourth-order valence-corrected chi connectivity index (χ4v) is 2.02. The summed E-state index contributed by atoms with van der Waals surface area (Å²) in [4.78, 5) is 28.0. The number of anilines is 1. The van der Waals surface area contributed by atoms with Crippen molar-refractivity contribution in [2.45, 2.75) is 32.9 Å². The molecule has 0 aliphatic rings. The number of amides is 1. The number of halogens is 1. The third kappa shape index (κ3) is 4.29. The van der Waals surface area contributed by atoms with E-state index in [1.807, 2.05) is 0 Å². The average Bonchev–Trinajstić information content (AvgIpc) is 3.01. The van der Waals surface area contributed by atoms with Crippen molar-refractivity contribution in [1.82, 2.24) is 14.8 Å². The van der Waals surface area contributed by atoms with Crippen molar-refractivity contribution >= 4 is 29.2 Å². The van der Waals surface area contributed by atoms with Gasteiger partial charge in [0.1, 0.15) is 18.7 Å². The van der Waals surface area contributed by atoms with Gasteiger partial charge in [0.25, 0.3) is 0 Å². The summed E-state index contributed by atoms with van der Waals surface area (Å²) >= 11 is 6.02. The van der Waals surface area contributed by atoms with Crippen molar-refractivity contribution in [2.75, 3.05) is 5.32 Å². The molecule has 1 heterocycles. The van der Waals surface area contributed by atoms with Crippen LogP contribution in [-0.2, 0) is 9.53 Å². The van der Waals surface area contributed by atoms with Crippen LogP contribution in [0.5, 0.6) is 0 Å². The molecule has 1 amide bonds. The number of esters is 1. The highest BCUT2D eigenvalue weighted by molar-refractivity contribution is 6.33. The molecule has 2 aromatic rings. The van der Waals surface area contributed by atoms with Crippen LogP contribution in [0.15, 0.2) is 30.9 Å². The van der Waals surface area contributed by atoms with Gasteiger partial charge in [0.15, 0.2) is 0 Å². The van der Waals surface area contributed by atoms with Crippen LogP contribution in [0.3, 0.4) is 0 Å². The molecule has 0 aliphatic carbocycles. The third-order valence-corrected chi connectivity index (χ3v) is 3.34. The van der Waals surface area contributed by atoms with E-state index in [4.69, 9.17) is 16.3 Å². The topological polar surface area (TPSA) is 86.1 Å². The van der Waals surface area contributed by atoms with E-state index >= 15 is 0 Å². The second-order valence-corrected chi connectivity index (χ2v) is 5.60. The Hall–Kier alpha value is -2.41. The molecular formula is C15H17ClN4O3. The summed E-state index contributed by atoms with van der Waals surface area (Å²) in [6.45, 7) is 5.18. The largest absolute Gasteiger partial charge is 0.459 e. The zero-order chi connectivity index (χ0) is 17.0. The van der Waals surface area contributed by atoms with Crippen molar-refractivity contribution in [3.8, 4) is 0 Å². The first-order chi connectivity index (χ1) is 10.9. The van der Waals surface area contributed by atoms with E-state index in [1.165, 1.54) is 29.5 Å². The minimum atomic E-state index is -0.542. The molecule has 23 heavy (non-hydrogen) atoms. The normalized spacial score (nSPS) is 12.0. The van der Waals surface area contributed by atoms with Crippen molar-refractivity contribution in [3.05, 3.63) is 41.4 Å². The number of carbonyl (C=O) groups is 2. The molecule has 1 aromatic carbocycles. The SMILES string of the molecule is CC(C)OC(=O)c1cc(NC(=O)C(C)n2cncn2)ccc1Cl. The average molecular weight is 337 g/mol. The first-order valence-electron chi connectivity index (χ1n) is 7.04. The number of rotatable bonds is 5. The summed E-state index contributed by atoms with van der Waals surface area (Å²) in [7, 11) is 0. The Balaban J connectivity index is 2.14. The van der Waals surface area contributed by atoms with Gasteiger partial charge in [-0.2, -0.15) is 5.10 Å². The third-order valence-electron chi connectivity index (χ3n) is 3.01. The molecule has 0 aliphatic heterocycles. The van der Waals surface area contributed by atoms with Crippen molar-refractivity contribution < 1.29 is 14.3 Å². The number of aromatic nitrogens is 3. The maximum atomic E-state index is 12.2. The fraction of sp³-hybridized carbons (Fsp3) is 0.333. The van der Waals surface area contributed by atoms with E-state index in [-0.39, 0.29) is 22.6 Å². The Bertz CT molecular complexity index is 701. The maximum absolute atomic E-state index is 12.2. The molecule has 7 nitrogen and oxygen atoms in total. The van der Waals surface area contributed by atoms with E-state index in [2.05, 4.69) is 15.4 Å². The fourth-order valence-electron chi connectivity index (χ4n) is 1.82. The highest BCUT2D eigenvalue weighted by Crippen LogP contribution is 2.22. The van der Waals surface area contributed by atoms with Crippen LogP contribution in [0.1, 0.15) is 37.2 Å². The summed E-state index contributed by atoms with van der Waals surface area (Å²) in [6, 6.07) is 4.09. The van der Waals surface area contributed by atoms with E-state index in [0.717, 1.165) is 0 Å². The second-order valence-electron chi connectivity index (χ2n) is 5.19. The van der Waals surface area contributed by atoms with Crippen LogP contribution in [0.2, 0.25) is 5.02 Å². The molecule has 1 N–H and O–H groups in total. The van der Waals surface area contributed by atoms with Gasteiger partial charge in [-0.25, -0.2) is 14.5 Å². The number of carbonyl (C=O) groups excluding carboxylic acids is 2. The van der Waals surface area contributed by atoms with Gasteiger partial charge < -0.3 is 10.1 Å². The highest BCUT2D eigenvalue weighted by atomic mass is 35.5. The predicted molar refractivity (Wildman–Crippen MR) is 85.4 cm³/mol. The van der Waals surface area contributed by atoms with Crippen molar-refractivity contribution in [1.29, 1.82) is 0 Å². The number of hydrogen-bond acceptors (Lipinski definition) is 5. The molecular weight excluding hydrogens is 320 g/mol. The quantitative estimate of drug-likeness (QED) is 0.848. The molecule has 1 atom stereocenters. The Morgan fingerprint density at radius 1 is 1.30 bits per heavy atom. The van der Waals surface area contributed by atoms with E-state index < -0.39 is 12.0 Å². The Labute approximate surface area is 138 Å².